The predicted octanol–water partition coefficient (Wildman–Crippen LogP) is 0.716. The first-order valence-corrected chi connectivity index (χ1v) is 6.73. The lowest BCUT2D eigenvalue weighted by atomic mass is 9.98. The highest BCUT2D eigenvalue weighted by atomic mass is 32.2. The quantitative estimate of drug-likeness (QED) is 0.793. The number of nitrogens with one attached hydrogen (secondary N) is 1. The third kappa shape index (κ3) is 2.82. The van der Waals surface area contributed by atoms with E-state index in [-0.39, 0.29) is 11.7 Å². The normalized spacial score (nSPS) is 17.8. The molecule has 1 fully saturated rings. The van der Waals surface area contributed by atoms with Gasteiger partial charge in [0.1, 0.15) is 11.9 Å². The Balaban J connectivity index is 1.86. The van der Waals surface area contributed by atoms with Gasteiger partial charge >= 0.3 is 0 Å². The molecule has 0 spiro atoms. The fraction of sp³-hybridized carbons (Fsp3) is 0.636. The molecule has 1 aliphatic carbocycles. The van der Waals surface area contributed by atoms with Crippen LogP contribution in [0.15, 0.2) is 11.5 Å². The molecular weight excluding hydrogens is 250 g/mol. The largest absolute Gasteiger partial charge is 0.337 e. The van der Waals surface area contributed by atoms with E-state index < -0.39 is 5.54 Å². The van der Waals surface area contributed by atoms with Crippen LogP contribution in [-0.4, -0.2) is 32.0 Å². The maximum Gasteiger partial charge on any atom is 0.231 e. The van der Waals surface area contributed by atoms with Crippen molar-refractivity contribution in [3.05, 3.63) is 6.33 Å². The number of nitriles is 1. The smallest absolute Gasteiger partial charge is 0.231 e. The van der Waals surface area contributed by atoms with Gasteiger partial charge in [-0.1, -0.05) is 11.8 Å². The Bertz CT molecular complexity index is 490. The number of thioether (sulfide) groups is 1. The van der Waals surface area contributed by atoms with Crippen molar-refractivity contribution in [2.75, 3.05) is 5.75 Å². The first-order valence-electron chi connectivity index (χ1n) is 5.74. The van der Waals surface area contributed by atoms with E-state index in [1.807, 2.05) is 7.05 Å². The average molecular weight is 265 g/mol. The fourth-order valence-electron chi connectivity index (χ4n) is 1.74. The Morgan fingerprint density at radius 1 is 1.78 bits per heavy atom. The number of carbonyl (C=O) groups excluding carboxylic acids is 1. The highest BCUT2D eigenvalue weighted by molar-refractivity contribution is 7.99. The lowest BCUT2D eigenvalue weighted by molar-refractivity contribution is -0.119. The summed E-state index contributed by atoms with van der Waals surface area (Å²) >= 11 is 1.31. The van der Waals surface area contributed by atoms with Gasteiger partial charge in [0.05, 0.1) is 11.8 Å². The Kier molecular flexibility index (Phi) is 3.57. The van der Waals surface area contributed by atoms with Gasteiger partial charge in [-0.05, 0) is 25.7 Å². The molecule has 2 rings (SSSR count). The summed E-state index contributed by atoms with van der Waals surface area (Å²) in [6.45, 7) is 1.79. The Labute approximate surface area is 110 Å². The maximum absolute atomic E-state index is 11.8. The minimum Gasteiger partial charge on any atom is -0.337 e. The van der Waals surface area contributed by atoms with Gasteiger partial charge in [0.25, 0.3) is 0 Å². The Morgan fingerprint density at radius 2 is 2.50 bits per heavy atom. The summed E-state index contributed by atoms with van der Waals surface area (Å²) in [6, 6.07) is 2.20. The second-order valence-electron chi connectivity index (χ2n) is 4.65. The van der Waals surface area contributed by atoms with Crippen LogP contribution in [0.5, 0.6) is 0 Å². The van der Waals surface area contributed by atoms with E-state index in [2.05, 4.69) is 21.6 Å². The van der Waals surface area contributed by atoms with Crippen LogP contribution >= 0.6 is 11.8 Å². The van der Waals surface area contributed by atoms with E-state index in [1.165, 1.54) is 11.8 Å². The summed E-state index contributed by atoms with van der Waals surface area (Å²) in [7, 11) is 1.82. The summed E-state index contributed by atoms with van der Waals surface area (Å²) in [5.41, 5.74) is -0.725. The molecule has 1 N–H and O–H groups in total. The lowest BCUT2D eigenvalue weighted by Crippen LogP contribution is -2.47. The van der Waals surface area contributed by atoms with Gasteiger partial charge in [-0.25, -0.2) is 0 Å². The van der Waals surface area contributed by atoms with Crippen LogP contribution in [0.2, 0.25) is 0 Å². The van der Waals surface area contributed by atoms with Crippen LogP contribution in [0.25, 0.3) is 0 Å². The third-order valence-electron chi connectivity index (χ3n) is 3.03. The van der Waals surface area contributed by atoms with Gasteiger partial charge in [-0.15, -0.1) is 10.2 Å². The monoisotopic (exact) mass is 265 g/mol. The number of hydrogen-bond donors (Lipinski definition) is 1. The van der Waals surface area contributed by atoms with Crippen molar-refractivity contribution in [3.63, 3.8) is 0 Å². The molecule has 0 aromatic carbocycles. The van der Waals surface area contributed by atoms with Crippen LogP contribution in [0.4, 0.5) is 0 Å². The van der Waals surface area contributed by atoms with Crippen LogP contribution in [0.1, 0.15) is 19.8 Å². The molecule has 18 heavy (non-hydrogen) atoms. The maximum atomic E-state index is 11.8. The number of carbonyl (C=O) groups is 1. The first-order chi connectivity index (χ1) is 8.55. The summed E-state index contributed by atoms with van der Waals surface area (Å²) < 4.78 is 1.75. The van der Waals surface area contributed by atoms with Crippen LogP contribution in [0, 0.1) is 17.2 Å². The standard InChI is InChI=1S/C11H15N5OS/c1-11(6-12,8-3-4-8)14-9(17)5-18-10-15-13-7-16(10)2/h7-8H,3-5H2,1-2H3,(H,14,17)/t11-/m1/s1. The molecule has 0 saturated heterocycles. The molecule has 1 heterocycles. The highest BCUT2D eigenvalue weighted by Crippen LogP contribution is 2.39. The molecule has 7 heteroatoms. The minimum atomic E-state index is -0.725. The van der Waals surface area contributed by atoms with E-state index >= 15 is 0 Å². The molecule has 1 atom stereocenters. The first kappa shape index (κ1) is 12.9. The molecule has 0 aliphatic heterocycles. The van der Waals surface area contributed by atoms with Crippen molar-refractivity contribution in [2.24, 2.45) is 13.0 Å². The summed E-state index contributed by atoms with van der Waals surface area (Å²) in [6.07, 6.45) is 3.62. The summed E-state index contributed by atoms with van der Waals surface area (Å²) in [5.74, 6) is 0.404. The van der Waals surface area contributed by atoms with E-state index in [0.29, 0.717) is 11.1 Å². The zero-order chi connectivity index (χ0) is 13.2. The summed E-state index contributed by atoms with van der Waals surface area (Å²) in [4.78, 5) is 11.8. The number of amides is 1. The molecule has 0 bridgehead atoms. The van der Waals surface area contributed by atoms with Crippen LogP contribution in [0.3, 0.4) is 0 Å². The van der Waals surface area contributed by atoms with Crippen molar-refractivity contribution in [2.45, 2.75) is 30.5 Å². The van der Waals surface area contributed by atoms with Gasteiger partial charge in [-0.2, -0.15) is 5.26 Å². The van der Waals surface area contributed by atoms with Crippen LogP contribution in [-0.2, 0) is 11.8 Å². The molecule has 6 nitrogen and oxygen atoms in total. The van der Waals surface area contributed by atoms with Gasteiger partial charge < -0.3 is 9.88 Å². The van der Waals surface area contributed by atoms with E-state index in [1.54, 1.807) is 17.8 Å². The molecule has 0 radical (unpaired) electrons. The van der Waals surface area contributed by atoms with Crippen molar-refractivity contribution in [1.82, 2.24) is 20.1 Å². The highest BCUT2D eigenvalue weighted by Gasteiger charge is 2.42. The summed E-state index contributed by atoms with van der Waals surface area (Å²) in [5, 5.41) is 20.3. The molecular formula is C11H15N5OS. The topological polar surface area (TPSA) is 83.6 Å². The number of hydrogen-bond acceptors (Lipinski definition) is 5. The SMILES string of the molecule is Cn1cnnc1SCC(=O)N[C@](C)(C#N)C1CC1. The van der Waals surface area contributed by atoms with Gasteiger partial charge in [0.15, 0.2) is 5.16 Å². The molecule has 1 aliphatic rings. The Morgan fingerprint density at radius 3 is 3.00 bits per heavy atom. The van der Waals surface area contributed by atoms with E-state index in [0.717, 1.165) is 12.8 Å². The minimum absolute atomic E-state index is 0.140. The lowest BCUT2D eigenvalue weighted by Gasteiger charge is -2.22. The van der Waals surface area contributed by atoms with Gasteiger partial charge in [-0.3, -0.25) is 4.79 Å². The second kappa shape index (κ2) is 4.98. The zero-order valence-corrected chi connectivity index (χ0v) is 11.2. The van der Waals surface area contributed by atoms with Crippen molar-refractivity contribution < 1.29 is 4.79 Å². The number of rotatable bonds is 5. The molecule has 1 saturated carbocycles. The molecule has 96 valence electrons. The number of nitrogens with zero attached hydrogens (tertiary/aromatic N) is 4. The van der Waals surface area contributed by atoms with Crippen LogP contribution < -0.4 is 5.32 Å². The molecule has 1 amide bonds. The molecule has 1 aromatic rings. The Hall–Kier alpha value is -1.55. The molecule has 0 unspecified atom stereocenters. The van der Waals surface area contributed by atoms with E-state index in [4.69, 9.17) is 5.26 Å². The van der Waals surface area contributed by atoms with Crippen molar-refractivity contribution in [3.8, 4) is 6.07 Å². The third-order valence-corrected chi connectivity index (χ3v) is 4.06. The number of aromatic nitrogens is 3. The molecule has 1 aromatic heterocycles. The van der Waals surface area contributed by atoms with Gasteiger partial charge in [0, 0.05) is 7.05 Å². The average Bonchev–Trinajstić information content (AvgIpc) is 3.12. The number of aryl methyl sites for hydroxylation is 1. The second-order valence-corrected chi connectivity index (χ2v) is 5.59. The fourth-order valence-corrected chi connectivity index (χ4v) is 2.43. The predicted molar refractivity (Wildman–Crippen MR) is 66.6 cm³/mol. The van der Waals surface area contributed by atoms with Gasteiger partial charge in [0.2, 0.25) is 5.91 Å². The van der Waals surface area contributed by atoms with Crippen molar-refractivity contribution in [1.29, 1.82) is 5.26 Å². The van der Waals surface area contributed by atoms with Crippen molar-refractivity contribution >= 4 is 17.7 Å². The zero-order valence-electron chi connectivity index (χ0n) is 10.4. The van der Waals surface area contributed by atoms with E-state index in [9.17, 15) is 4.79 Å².